The number of esters is 1. The van der Waals surface area contributed by atoms with Crippen LogP contribution in [0.3, 0.4) is 0 Å². The monoisotopic (exact) mass is 403 g/mol. The van der Waals surface area contributed by atoms with Crippen molar-refractivity contribution >= 4 is 11.9 Å². The number of allylic oxidation sites excluding steroid dienone is 1. The largest absolute Gasteiger partial charge is 0.493 e. The number of hydrogen-bond acceptors (Lipinski definition) is 5. The van der Waals surface area contributed by atoms with Gasteiger partial charge in [0.25, 0.3) is 5.91 Å². The van der Waals surface area contributed by atoms with Gasteiger partial charge < -0.3 is 19.5 Å². The second-order valence-corrected chi connectivity index (χ2v) is 7.68. The fourth-order valence-electron chi connectivity index (χ4n) is 3.08. The lowest BCUT2D eigenvalue weighted by Crippen LogP contribution is -2.29. The maximum Gasteiger partial charge on any atom is 0.338 e. The first-order valence-electron chi connectivity index (χ1n) is 10.4. The molecule has 0 bridgehead atoms. The number of amides is 1. The van der Waals surface area contributed by atoms with Crippen LogP contribution in [-0.4, -0.2) is 38.7 Å². The van der Waals surface area contributed by atoms with Gasteiger partial charge in [0.05, 0.1) is 19.3 Å². The van der Waals surface area contributed by atoms with Gasteiger partial charge >= 0.3 is 5.97 Å². The van der Waals surface area contributed by atoms with E-state index in [1.807, 2.05) is 0 Å². The number of ether oxygens (including phenoxy) is 3. The number of methoxy groups -OCH3 is 1. The summed E-state index contributed by atoms with van der Waals surface area (Å²) in [5.41, 5.74) is 1.72. The molecule has 6 heteroatoms. The molecule has 1 aliphatic carbocycles. The van der Waals surface area contributed by atoms with Crippen molar-refractivity contribution in [1.29, 1.82) is 0 Å². The Labute approximate surface area is 173 Å². The molecule has 0 unspecified atom stereocenters. The lowest BCUT2D eigenvalue weighted by Gasteiger charge is -2.13. The molecule has 1 N–H and O–H groups in total. The van der Waals surface area contributed by atoms with Crippen molar-refractivity contribution in [3.63, 3.8) is 0 Å². The fourth-order valence-corrected chi connectivity index (χ4v) is 3.08. The second kappa shape index (κ2) is 12.1. The fraction of sp³-hybridized carbons (Fsp3) is 0.565. The number of carbonyl (C=O) groups excluding carboxylic acids is 2. The van der Waals surface area contributed by atoms with Gasteiger partial charge in [-0.2, -0.15) is 0 Å². The zero-order chi connectivity index (χ0) is 21.1. The van der Waals surface area contributed by atoms with E-state index in [9.17, 15) is 9.59 Å². The summed E-state index contributed by atoms with van der Waals surface area (Å²) in [7, 11) is 1.52. The molecule has 0 saturated carbocycles. The van der Waals surface area contributed by atoms with Gasteiger partial charge in [0.1, 0.15) is 0 Å². The van der Waals surface area contributed by atoms with Crippen molar-refractivity contribution in [2.24, 2.45) is 5.92 Å². The molecule has 1 amide bonds. The van der Waals surface area contributed by atoms with E-state index >= 15 is 0 Å². The van der Waals surface area contributed by atoms with Gasteiger partial charge in [-0.1, -0.05) is 25.5 Å². The zero-order valence-electron chi connectivity index (χ0n) is 17.8. The average Bonchev–Trinajstić information content (AvgIpc) is 2.72. The molecule has 160 valence electrons. The van der Waals surface area contributed by atoms with Gasteiger partial charge in [-0.05, 0) is 62.6 Å². The minimum absolute atomic E-state index is 0.296. The average molecular weight is 404 g/mol. The molecular weight excluding hydrogens is 370 g/mol. The van der Waals surface area contributed by atoms with E-state index < -0.39 is 5.97 Å². The van der Waals surface area contributed by atoms with E-state index in [0.717, 1.165) is 25.7 Å². The van der Waals surface area contributed by atoms with Crippen LogP contribution >= 0.6 is 0 Å². The molecule has 0 aliphatic heterocycles. The van der Waals surface area contributed by atoms with Gasteiger partial charge in [-0.25, -0.2) is 4.79 Å². The van der Waals surface area contributed by atoms with E-state index in [4.69, 9.17) is 14.2 Å². The van der Waals surface area contributed by atoms with Crippen LogP contribution < -0.4 is 14.8 Å². The molecule has 0 atom stereocenters. The summed E-state index contributed by atoms with van der Waals surface area (Å²) in [5, 5.41) is 2.80. The Kier molecular flexibility index (Phi) is 9.54. The minimum Gasteiger partial charge on any atom is -0.493 e. The smallest absolute Gasteiger partial charge is 0.338 e. The third-order valence-electron chi connectivity index (χ3n) is 4.84. The van der Waals surface area contributed by atoms with Crippen molar-refractivity contribution in [3.8, 4) is 11.5 Å². The Morgan fingerprint density at radius 2 is 2.00 bits per heavy atom. The number of benzene rings is 1. The first-order valence-corrected chi connectivity index (χ1v) is 10.4. The minimum atomic E-state index is -0.567. The van der Waals surface area contributed by atoms with Crippen LogP contribution in [0.4, 0.5) is 0 Å². The van der Waals surface area contributed by atoms with Crippen LogP contribution in [0, 0.1) is 5.92 Å². The van der Waals surface area contributed by atoms with Crippen LogP contribution in [0.15, 0.2) is 29.8 Å². The third kappa shape index (κ3) is 8.18. The highest BCUT2D eigenvalue weighted by Crippen LogP contribution is 2.28. The molecule has 0 spiro atoms. The van der Waals surface area contributed by atoms with Gasteiger partial charge in [-0.15, -0.1) is 0 Å². The number of rotatable bonds is 11. The van der Waals surface area contributed by atoms with E-state index in [2.05, 4.69) is 25.2 Å². The van der Waals surface area contributed by atoms with E-state index in [-0.39, 0.29) is 12.5 Å². The Balaban J connectivity index is 1.77. The summed E-state index contributed by atoms with van der Waals surface area (Å²) in [4.78, 5) is 24.2. The lowest BCUT2D eigenvalue weighted by molar-refractivity contribution is -0.124. The Bertz CT molecular complexity index is 711. The molecule has 0 heterocycles. The van der Waals surface area contributed by atoms with Crippen LogP contribution in [0.1, 0.15) is 62.7 Å². The topological polar surface area (TPSA) is 73.9 Å². The molecule has 0 saturated heterocycles. The summed E-state index contributed by atoms with van der Waals surface area (Å²) in [6, 6.07) is 4.87. The maximum absolute atomic E-state index is 12.2. The first kappa shape index (κ1) is 22.8. The summed E-state index contributed by atoms with van der Waals surface area (Å²) in [5.74, 6) is 0.728. The van der Waals surface area contributed by atoms with Crippen molar-refractivity contribution < 1.29 is 23.8 Å². The molecule has 0 aromatic heterocycles. The molecule has 6 nitrogen and oxygen atoms in total. The van der Waals surface area contributed by atoms with Crippen LogP contribution in [0.2, 0.25) is 0 Å². The van der Waals surface area contributed by atoms with E-state index in [1.165, 1.54) is 25.5 Å². The second-order valence-electron chi connectivity index (χ2n) is 7.68. The maximum atomic E-state index is 12.2. The van der Waals surface area contributed by atoms with Crippen LogP contribution in [0.25, 0.3) is 0 Å². The molecule has 1 aromatic carbocycles. The lowest BCUT2D eigenvalue weighted by atomic mass is 9.97. The Hall–Kier alpha value is -2.50. The Morgan fingerprint density at radius 1 is 1.17 bits per heavy atom. The number of carbonyl (C=O) groups is 2. The van der Waals surface area contributed by atoms with Gasteiger partial charge in [0, 0.05) is 6.54 Å². The first-order chi connectivity index (χ1) is 14.0. The molecule has 1 aromatic rings. The summed E-state index contributed by atoms with van der Waals surface area (Å²) >= 11 is 0. The van der Waals surface area contributed by atoms with Crippen molar-refractivity contribution in [2.75, 3.05) is 26.9 Å². The predicted octanol–water partition coefficient (Wildman–Crippen LogP) is 4.28. The zero-order valence-corrected chi connectivity index (χ0v) is 17.8. The van der Waals surface area contributed by atoms with E-state index in [0.29, 0.717) is 36.1 Å². The number of hydrogen-bond donors (Lipinski definition) is 1. The van der Waals surface area contributed by atoms with E-state index in [1.54, 1.807) is 18.2 Å². The van der Waals surface area contributed by atoms with Crippen LogP contribution in [0.5, 0.6) is 11.5 Å². The molecular formula is C23H33NO5. The molecule has 0 fully saturated rings. The molecule has 0 radical (unpaired) electrons. The summed E-state index contributed by atoms with van der Waals surface area (Å²) < 4.78 is 16.2. The van der Waals surface area contributed by atoms with Crippen molar-refractivity contribution in [3.05, 3.63) is 35.4 Å². The number of nitrogens with one attached hydrogen (secondary N) is 1. The van der Waals surface area contributed by atoms with Crippen molar-refractivity contribution in [1.82, 2.24) is 5.32 Å². The quantitative estimate of drug-likeness (QED) is 0.441. The summed E-state index contributed by atoms with van der Waals surface area (Å²) in [6.07, 6.45) is 8.77. The SMILES string of the molecule is COc1cc(C(=O)OCC(=O)NCCC2=CCCCC2)ccc1OCCC(C)C. The standard InChI is InChI=1S/C23H33NO5/c1-17(2)12-14-28-20-10-9-19(15-21(20)27-3)23(26)29-16-22(25)24-13-11-18-7-5-4-6-8-18/h7,9-10,15,17H,4-6,8,11-14,16H2,1-3H3,(H,24,25). The molecule has 1 aliphatic rings. The predicted molar refractivity (Wildman–Crippen MR) is 112 cm³/mol. The third-order valence-corrected chi connectivity index (χ3v) is 4.84. The van der Waals surface area contributed by atoms with Gasteiger partial charge in [0.15, 0.2) is 18.1 Å². The van der Waals surface area contributed by atoms with Crippen LogP contribution in [-0.2, 0) is 9.53 Å². The highest BCUT2D eigenvalue weighted by Gasteiger charge is 2.14. The highest BCUT2D eigenvalue weighted by atomic mass is 16.5. The summed E-state index contributed by atoms with van der Waals surface area (Å²) in [6.45, 7) is 5.10. The van der Waals surface area contributed by atoms with Gasteiger partial charge in [-0.3, -0.25) is 4.79 Å². The van der Waals surface area contributed by atoms with Crippen molar-refractivity contribution in [2.45, 2.75) is 52.4 Å². The normalized spacial score (nSPS) is 13.6. The Morgan fingerprint density at radius 3 is 2.69 bits per heavy atom. The highest BCUT2D eigenvalue weighted by molar-refractivity contribution is 5.92. The molecule has 2 rings (SSSR count). The van der Waals surface area contributed by atoms with Gasteiger partial charge in [0.2, 0.25) is 0 Å². The molecule has 29 heavy (non-hydrogen) atoms.